The van der Waals surface area contributed by atoms with Crippen LogP contribution in [0.5, 0.6) is 5.75 Å². The Morgan fingerprint density at radius 3 is 2.64 bits per heavy atom. The van der Waals surface area contributed by atoms with Crippen LogP contribution in [0.1, 0.15) is 0 Å². The van der Waals surface area contributed by atoms with Crippen molar-refractivity contribution in [2.24, 2.45) is 0 Å². The molecule has 5 heteroatoms. The predicted octanol–water partition coefficient (Wildman–Crippen LogP) is 1.39. The van der Waals surface area contributed by atoms with Gasteiger partial charge in [-0.05, 0) is 12.1 Å². The second-order valence-electron chi connectivity index (χ2n) is 2.77. The Morgan fingerprint density at radius 2 is 2.21 bits per heavy atom. The summed E-state index contributed by atoms with van der Waals surface area (Å²) in [4.78, 5) is 11.7. The molecule has 0 heterocycles. The highest BCUT2D eigenvalue weighted by atomic mass is 16.5. The molecule has 0 saturated heterocycles. The Morgan fingerprint density at radius 1 is 1.57 bits per heavy atom. The Balaban J connectivity index is 3.05. The van der Waals surface area contributed by atoms with Gasteiger partial charge in [-0.25, -0.2) is 4.79 Å². The SMILES string of the molecule is COc1ccc(N(C)C(=O)O)c(N)c1. The maximum Gasteiger partial charge on any atom is 0.411 e. The standard InChI is InChI=1S/C9H12N2O3/c1-11(9(12)13)8-4-3-6(14-2)5-7(8)10/h3-5H,10H2,1-2H3,(H,12,13). The molecule has 0 spiro atoms. The van der Waals surface area contributed by atoms with E-state index in [1.807, 2.05) is 0 Å². The van der Waals surface area contributed by atoms with Gasteiger partial charge in [0.1, 0.15) is 5.75 Å². The Kier molecular flexibility index (Phi) is 2.81. The molecule has 0 unspecified atom stereocenters. The summed E-state index contributed by atoms with van der Waals surface area (Å²) < 4.78 is 4.94. The summed E-state index contributed by atoms with van der Waals surface area (Å²) in [5.74, 6) is 0.602. The van der Waals surface area contributed by atoms with Gasteiger partial charge in [-0.1, -0.05) is 0 Å². The van der Waals surface area contributed by atoms with Crippen molar-refractivity contribution in [3.63, 3.8) is 0 Å². The van der Waals surface area contributed by atoms with Crippen LogP contribution in [0.25, 0.3) is 0 Å². The Labute approximate surface area is 81.7 Å². The van der Waals surface area contributed by atoms with E-state index in [4.69, 9.17) is 15.6 Å². The first-order chi connectivity index (χ1) is 6.56. The van der Waals surface area contributed by atoms with Crippen LogP contribution in [0.2, 0.25) is 0 Å². The molecule has 5 nitrogen and oxygen atoms in total. The zero-order valence-electron chi connectivity index (χ0n) is 8.02. The van der Waals surface area contributed by atoms with E-state index in [1.54, 1.807) is 18.2 Å². The van der Waals surface area contributed by atoms with E-state index in [-0.39, 0.29) is 0 Å². The number of carboxylic acid groups (broad SMARTS) is 1. The molecule has 1 rings (SSSR count). The summed E-state index contributed by atoms with van der Waals surface area (Å²) in [6.07, 6.45) is -1.05. The number of hydrogen-bond acceptors (Lipinski definition) is 3. The first-order valence-corrected chi connectivity index (χ1v) is 3.96. The minimum Gasteiger partial charge on any atom is -0.497 e. The van der Waals surface area contributed by atoms with Gasteiger partial charge in [-0.2, -0.15) is 0 Å². The Bertz CT molecular complexity index is 352. The van der Waals surface area contributed by atoms with Crippen LogP contribution in [0.15, 0.2) is 18.2 Å². The molecule has 0 aliphatic carbocycles. The number of rotatable bonds is 2. The molecule has 0 aromatic heterocycles. The van der Waals surface area contributed by atoms with Crippen LogP contribution < -0.4 is 15.4 Å². The summed E-state index contributed by atoms with van der Waals surface area (Å²) in [6, 6.07) is 4.84. The minimum absolute atomic E-state index is 0.370. The molecule has 0 radical (unpaired) electrons. The van der Waals surface area contributed by atoms with Crippen molar-refractivity contribution in [2.75, 3.05) is 24.8 Å². The number of hydrogen-bond donors (Lipinski definition) is 2. The van der Waals surface area contributed by atoms with Crippen molar-refractivity contribution < 1.29 is 14.6 Å². The number of anilines is 2. The van der Waals surface area contributed by atoms with Gasteiger partial charge in [0.2, 0.25) is 0 Å². The van der Waals surface area contributed by atoms with Gasteiger partial charge in [-0.15, -0.1) is 0 Å². The highest BCUT2D eigenvalue weighted by Gasteiger charge is 2.11. The van der Waals surface area contributed by atoms with Gasteiger partial charge in [0.15, 0.2) is 0 Å². The fraction of sp³-hybridized carbons (Fsp3) is 0.222. The summed E-state index contributed by atoms with van der Waals surface area (Å²) in [7, 11) is 2.95. The van der Waals surface area contributed by atoms with Crippen molar-refractivity contribution in [3.8, 4) is 5.75 Å². The summed E-state index contributed by atoms with van der Waals surface area (Å²) in [5.41, 5.74) is 6.46. The number of benzene rings is 1. The monoisotopic (exact) mass is 196 g/mol. The third-order valence-corrected chi connectivity index (χ3v) is 1.88. The van der Waals surface area contributed by atoms with Crippen molar-refractivity contribution in [2.45, 2.75) is 0 Å². The molecule has 1 aromatic carbocycles. The molecule has 1 aromatic rings. The molecule has 0 aliphatic heterocycles. The lowest BCUT2D eigenvalue weighted by molar-refractivity contribution is 0.203. The smallest absolute Gasteiger partial charge is 0.411 e. The van der Waals surface area contributed by atoms with E-state index >= 15 is 0 Å². The number of methoxy groups -OCH3 is 1. The first-order valence-electron chi connectivity index (χ1n) is 3.96. The zero-order chi connectivity index (χ0) is 10.7. The summed E-state index contributed by atoms with van der Waals surface area (Å²) >= 11 is 0. The molecule has 0 bridgehead atoms. The average Bonchev–Trinajstić information content (AvgIpc) is 2.16. The second-order valence-corrected chi connectivity index (χ2v) is 2.77. The van der Waals surface area contributed by atoms with Gasteiger partial charge < -0.3 is 15.6 Å². The minimum atomic E-state index is -1.05. The zero-order valence-corrected chi connectivity index (χ0v) is 8.02. The number of nitrogens with zero attached hydrogens (tertiary/aromatic N) is 1. The van der Waals surface area contributed by atoms with Crippen LogP contribution in [-0.2, 0) is 0 Å². The lowest BCUT2D eigenvalue weighted by Crippen LogP contribution is -2.24. The lowest BCUT2D eigenvalue weighted by Gasteiger charge is -2.15. The third-order valence-electron chi connectivity index (χ3n) is 1.88. The maximum absolute atomic E-state index is 10.6. The number of nitrogens with two attached hydrogens (primary N) is 1. The van der Waals surface area contributed by atoms with Crippen molar-refractivity contribution in [1.82, 2.24) is 0 Å². The quantitative estimate of drug-likeness (QED) is 0.701. The molecule has 0 fully saturated rings. The van der Waals surface area contributed by atoms with E-state index in [0.29, 0.717) is 17.1 Å². The van der Waals surface area contributed by atoms with E-state index in [0.717, 1.165) is 4.90 Å². The highest BCUT2D eigenvalue weighted by Crippen LogP contribution is 2.26. The largest absolute Gasteiger partial charge is 0.497 e. The fourth-order valence-corrected chi connectivity index (χ4v) is 1.07. The van der Waals surface area contributed by atoms with E-state index in [9.17, 15) is 4.79 Å². The van der Waals surface area contributed by atoms with E-state index in [2.05, 4.69) is 0 Å². The summed E-state index contributed by atoms with van der Waals surface area (Å²) in [6.45, 7) is 0. The van der Waals surface area contributed by atoms with Gasteiger partial charge in [-0.3, -0.25) is 4.90 Å². The van der Waals surface area contributed by atoms with Crippen LogP contribution in [-0.4, -0.2) is 25.4 Å². The molecule has 1 amide bonds. The first kappa shape index (κ1) is 10.2. The predicted molar refractivity (Wildman–Crippen MR) is 53.8 cm³/mol. The normalized spacial score (nSPS) is 9.57. The molecular formula is C9H12N2O3. The number of carbonyl (C=O) groups is 1. The van der Waals surface area contributed by atoms with Crippen LogP contribution in [0.3, 0.4) is 0 Å². The van der Waals surface area contributed by atoms with Crippen molar-refractivity contribution in [3.05, 3.63) is 18.2 Å². The van der Waals surface area contributed by atoms with Gasteiger partial charge in [0.25, 0.3) is 0 Å². The number of ether oxygens (including phenoxy) is 1. The number of amides is 1. The highest BCUT2D eigenvalue weighted by molar-refractivity contribution is 5.90. The molecular weight excluding hydrogens is 184 g/mol. The molecule has 0 aliphatic rings. The molecule has 0 saturated carbocycles. The molecule has 76 valence electrons. The van der Waals surface area contributed by atoms with Crippen LogP contribution in [0.4, 0.5) is 16.2 Å². The average molecular weight is 196 g/mol. The van der Waals surface area contributed by atoms with E-state index < -0.39 is 6.09 Å². The molecule has 14 heavy (non-hydrogen) atoms. The number of nitrogen functional groups attached to an aromatic ring is 1. The van der Waals surface area contributed by atoms with Crippen LogP contribution in [0, 0.1) is 0 Å². The molecule has 0 atom stereocenters. The molecule has 3 N–H and O–H groups in total. The lowest BCUT2D eigenvalue weighted by atomic mass is 10.2. The van der Waals surface area contributed by atoms with Crippen LogP contribution >= 0.6 is 0 Å². The van der Waals surface area contributed by atoms with Gasteiger partial charge in [0.05, 0.1) is 18.5 Å². The van der Waals surface area contributed by atoms with Gasteiger partial charge in [0, 0.05) is 13.1 Å². The third kappa shape index (κ3) is 1.87. The van der Waals surface area contributed by atoms with E-state index in [1.165, 1.54) is 14.2 Å². The van der Waals surface area contributed by atoms with Crippen molar-refractivity contribution >= 4 is 17.5 Å². The van der Waals surface area contributed by atoms with Crippen molar-refractivity contribution in [1.29, 1.82) is 0 Å². The summed E-state index contributed by atoms with van der Waals surface area (Å²) in [5, 5.41) is 8.73. The fourth-order valence-electron chi connectivity index (χ4n) is 1.07. The second kappa shape index (κ2) is 3.87. The maximum atomic E-state index is 10.6. The van der Waals surface area contributed by atoms with Gasteiger partial charge >= 0.3 is 6.09 Å². The topological polar surface area (TPSA) is 75.8 Å². The Hall–Kier alpha value is -1.91.